The van der Waals surface area contributed by atoms with Gasteiger partial charge in [-0.05, 0) is 11.1 Å². The molecular weight excluding hydrogens is 308 g/mol. The predicted molar refractivity (Wildman–Crippen MR) is 88.4 cm³/mol. The fraction of sp³-hybridized carbons (Fsp3) is 0.105. The maximum absolute atomic E-state index is 12.2. The van der Waals surface area contributed by atoms with Gasteiger partial charge in [0, 0.05) is 12.8 Å². The smallest absolute Gasteiger partial charge is 0.336 e. The molecule has 0 aliphatic heterocycles. The van der Waals surface area contributed by atoms with Crippen molar-refractivity contribution < 1.29 is 24.6 Å². The van der Waals surface area contributed by atoms with Crippen LogP contribution in [0.15, 0.2) is 66.2 Å². The number of aliphatic carboxylic acids is 2. The third kappa shape index (κ3) is 4.39. The van der Waals surface area contributed by atoms with Crippen LogP contribution in [0, 0.1) is 0 Å². The van der Waals surface area contributed by atoms with E-state index in [1.165, 1.54) is 12.1 Å². The molecule has 0 bridgehead atoms. The molecule has 0 unspecified atom stereocenters. The molecule has 0 spiro atoms. The van der Waals surface area contributed by atoms with Crippen molar-refractivity contribution in [1.82, 2.24) is 0 Å². The predicted octanol–water partition coefficient (Wildman–Crippen LogP) is 2.81. The van der Waals surface area contributed by atoms with Crippen LogP contribution in [-0.4, -0.2) is 27.9 Å². The average molecular weight is 324 g/mol. The molecule has 122 valence electrons. The van der Waals surface area contributed by atoms with Crippen LogP contribution in [0.25, 0.3) is 5.57 Å². The van der Waals surface area contributed by atoms with Crippen LogP contribution in [0.4, 0.5) is 0 Å². The monoisotopic (exact) mass is 324 g/mol. The lowest BCUT2D eigenvalue weighted by atomic mass is 9.94. The maximum atomic E-state index is 12.2. The standard InChI is InChI=1S/C19H16O5/c20-15(11-13-7-3-1-4-8-13)12-16(18(21)22)17(19(23)24)14-9-5-2-6-10-14/h1-10H,11-12H2,(H,21,22)(H,23,24)/b17-16+. The van der Waals surface area contributed by atoms with Gasteiger partial charge in [-0.15, -0.1) is 0 Å². The van der Waals surface area contributed by atoms with Gasteiger partial charge in [0.25, 0.3) is 0 Å². The van der Waals surface area contributed by atoms with E-state index in [2.05, 4.69) is 0 Å². The first-order chi connectivity index (χ1) is 11.5. The molecule has 0 atom stereocenters. The van der Waals surface area contributed by atoms with Crippen molar-refractivity contribution in [3.05, 3.63) is 77.4 Å². The topological polar surface area (TPSA) is 91.7 Å². The number of benzene rings is 2. The van der Waals surface area contributed by atoms with Gasteiger partial charge in [0.15, 0.2) is 0 Å². The van der Waals surface area contributed by atoms with Crippen molar-refractivity contribution in [3.63, 3.8) is 0 Å². The van der Waals surface area contributed by atoms with E-state index in [-0.39, 0.29) is 23.3 Å². The zero-order valence-electron chi connectivity index (χ0n) is 12.8. The number of carbonyl (C=O) groups excluding carboxylic acids is 1. The highest BCUT2D eigenvalue weighted by Gasteiger charge is 2.24. The van der Waals surface area contributed by atoms with Gasteiger partial charge >= 0.3 is 11.9 Å². The van der Waals surface area contributed by atoms with E-state index < -0.39 is 23.9 Å². The molecule has 0 saturated heterocycles. The van der Waals surface area contributed by atoms with Gasteiger partial charge in [-0.2, -0.15) is 0 Å². The Bertz CT molecular complexity index is 776. The molecule has 0 aliphatic rings. The van der Waals surface area contributed by atoms with Crippen molar-refractivity contribution in [3.8, 4) is 0 Å². The Balaban J connectivity index is 2.34. The summed E-state index contributed by atoms with van der Waals surface area (Å²) >= 11 is 0. The number of hydrogen-bond acceptors (Lipinski definition) is 3. The Morgan fingerprint density at radius 2 is 1.29 bits per heavy atom. The van der Waals surface area contributed by atoms with E-state index in [9.17, 15) is 24.6 Å². The third-order valence-corrected chi connectivity index (χ3v) is 3.45. The Morgan fingerprint density at radius 3 is 1.79 bits per heavy atom. The first-order valence-electron chi connectivity index (χ1n) is 7.30. The van der Waals surface area contributed by atoms with Crippen LogP contribution in [0.2, 0.25) is 0 Å². The van der Waals surface area contributed by atoms with Gasteiger partial charge in [0.05, 0.1) is 11.1 Å². The maximum Gasteiger partial charge on any atom is 0.336 e. The molecule has 0 amide bonds. The first-order valence-corrected chi connectivity index (χ1v) is 7.30. The minimum atomic E-state index is -1.40. The highest BCUT2D eigenvalue weighted by molar-refractivity contribution is 6.22. The number of carboxylic acid groups (broad SMARTS) is 2. The molecule has 0 fully saturated rings. The van der Waals surface area contributed by atoms with Crippen LogP contribution >= 0.6 is 0 Å². The minimum absolute atomic E-state index is 0.0549. The molecule has 2 aromatic carbocycles. The van der Waals surface area contributed by atoms with E-state index in [0.717, 1.165) is 5.56 Å². The largest absolute Gasteiger partial charge is 0.478 e. The van der Waals surface area contributed by atoms with Gasteiger partial charge < -0.3 is 10.2 Å². The van der Waals surface area contributed by atoms with E-state index in [0.29, 0.717) is 0 Å². The van der Waals surface area contributed by atoms with Gasteiger partial charge in [0.1, 0.15) is 5.78 Å². The summed E-state index contributed by atoms with van der Waals surface area (Å²) in [6.07, 6.45) is -0.389. The molecule has 5 nitrogen and oxygen atoms in total. The lowest BCUT2D eigenvalue weighted by molar-refractivity contribution is -0.135. The molecule has 24 heavy (non-hydrogen) atoms. The Hall–Kier alpha value is -3.21. The highest BCUT2D eigenvalue weighted by atomic mass is 16.4. The second kappa shape index (κ2) is 7.87. The van der Waals surface area contributed by atoms with Crippen molar-refractivity contribution in [2.24, 2.45) is 0 Å². The van der Waals surface area contributed by atoms with Crippen LogP contribution in [0.1, 0.15) is 17.5 Å². The number of carbonyl (C=O) groups is 3. The summed E-state index contributed by atoms with van der Waals surface area (Å²) in [5, 5.41) is 18.8. The Labute approximate surface area is 138 Å². The number of Topliss-reactive ketones (excluding diaryl/α,β-unsaturated/α-hetero) is 1. The van der Waals surface area contributed by atoms with Crippen LogP contribution in [0.3, 0.4) is 0 Å². The number of ketones is 1. The second-order valence-electron chi connectivity index (χ2n) is 5.21. The van der Waals surface area contributed by atoms with Gasteiger partial charge in [0.2, 0.25) is 0 Å². The first kappa shape index (κ1) is 17.1. The number of hydrogen-bond donors (Lipinski definition) is 2. The summed E-state index contributed by atoms with van der Waals surface area (Å²) in [7, 11) is 0. The lowest BCUT2D eigenvalue weighted by Gasteiger charge is -2.09. The molecule has 2 N–H and O–H groups in total. The Kier molecular flexibility index (Phi) is 5.63. The normalized spacial score (nSPS) is 11.5. The quantitative estimate of drug-likeness (QED) is 0.764. The second-order valence-corrected chi connectivity index (χ2v) is 5.21. The molecule has 0 radical (unpaired) electrons. The van der Waals surface area contributed by atoms with Gasteiger partial charge in [-0.1, -0.05) is 60.7 Å². The fourth-order valence-corrected chi connectivity index (χ4v) is 2.39. The van der Waals surface area contributed by atoms with E-state index in [4.69, 9.17) is 0 Å². The third-order valence-electron chi connectivity index (χ3n) is 3.45. The van der Waals surface area contributed by atoms with E-state index in [1.807, 2.05) is 6.07 Å². The zero-order valence-corrected chi connectivity index (χ0v) is 12.8. The number of carboxylic acids is 2. The van der Waals surface area contributed by atoms with Gasteiger partial charge in [-0.25, -0.2) is 9.59 Å². The average Bonchev–Trinajstić information content (AvgIpc) is 2.55. The van der Waals surface area contributed by atoms with E-state index in [1.54, 1.807) is 42.5 Å². The van der Waals surface area contributed by atoms with Gasteiger partial charge in [-0.3, -0.25) is 4.79 Å². The summed E-state index contributed by atoms with van der Waals surface area (Å²) < 4.78 is 0. The molecule has 0 heterocycles. The molecule has 0 saturated carbocycles. The summed E-state index contributed by atoms with van der Waals surface area (Å²) in [6, 6.07) is 16.8. The molecule has 2 rings (SSSR count). The summed E-state index contributed by atoms with van der Waals surface area (Å²) in [5.41, 5.74) is 0.248. The molecule has 0 aliphatic carbocycles. The molecular formula is C19H16O5. The van der Waals surface area contributed by atoms with Crippen molar-refractivity contribution in [2.45, 2.75) is 12.8 Å². The van der Waals surface area contributed by atoms with E-state index >= 15 is 0 Å². The SMILES string of the molecule is O=C(C/C(C(=O)O)=C(\C(=O)O)c1ccccc1)Cc1ccccc1. The van der Waals surface area contributed by atoms with Crippen molar-refractivity contribution >= 4 is 23.3 Å². The van der Waals surface area contributed by atoms with Crippen molar-refractivity contribution in [2.75, 3.05) is 0 Å². The molecule has 5 heteroatoms. The highest BCUT2D eigenvalue weighted by Crippen LogP contribution is 2.22. The fourth-order valence-electron chi connectivity index (χ4n) is 2.39. The van der Waals surface area contributed by atoms with Crippen LogP contribution in [-0.2, 0) is 20.8 Å². The molecule has 2 aromatic rings. The summed E-state index contributed by atoms with van der Waals surface area (Å²) in [4.78, 5) is 35.3. The summed E-state index contributed by atoms with van der Waals surface area (Å²) in [5.74, 6) is -3.13. The van der Waals surface area contributed by atoms with Crippen LogP contribution < -0.4 is 0 Å². The minimum Gasteiger partial charge on any atom is -0.478 e. The lowest BCUT2D eigenvalue weighted by Crippen LogP contribution is -2.15. The Morgan fingerprint density at radius 1 is 0.750 bits per heavy atom. The summed E-state index contributed by atoms with van der Waals surface area (Å²) in [6.45, 7) is 0. The molecule has 0 aromatic heterocycles. The van der Waals surface area contributed by atoms with Crippen molar-refractivity contribution in [1.29, 1.82) is 0 Å². The van der Waals surface area contributed by atoms with Crippen LogP contribution in [0.5, 0.6) is 0 Å². The number of rotatable bonds is 7. The zero-order chi connectivity index (χ0) is 17.5.